The SMILES string of the molecule is CCOC(=O)C1=C(c2c(-c3ccc(F)cc3)nn(C)c2NC(=O)Cc2ccccc2)NNC=C1. The molecule has 0 fully saturated rings. The first-order valence-corrected chi connectivity index (χ1v) is 10.7. The molecule has 0 saturated heterocycles. The Kier molecular flexibility index (Phi) is 6.72. The van der Waals surface area contributed by atoms with E-state index in [-0.39, 0.29) is 30.3 Å². The molecule has 1 aliphatic rings. The van der Waals surface area contributed by atoms with E-state index >= 15 is 0 Å². The van der Waals surface area contributed by atoms with Gasteiger partial charge in [0.15, 0.2) is 0 Å². The van der Waals surface area contributed by atoms with Crippen LogP contribution in [-0.4, -0.2) is 28.3 Å². The second-order valence-corrected chi connectivity index (χ2v) is 7.53. The number of ether oxygens (including phenoxy) is 1. The van der Waals surface area contributed by atoms with Crippen molar-refractivity contribution in [3.63, 3.8) is 0 Å². The summed E-state index contributed by atoms with van der Waals surface area (Å²) in [6.45, 7) is 1.93. The number of hydrazine groups is 1. The lowest BCUT2D eigenvalue weighted by Crippen LogP contribution is -2.31. The Morgan fingerprint density at radius 2 is 1.85 bits per heavy atom. The van der Waals surface area contributed by atoms with Gasteiger partial charge in [-0.25, -0.2) is 9.18 Å². The fraction of sp³-hybridized carbons (Fsp3) is 0.160. The van der Waals surface area contributed by atoms with Crippen molar-refractivity contribution < 1.29 is 18.7 Å². The number of hydrogen-bond donors (Lipinski definition) is 3. The maximum Gasteiger partial charge on any atom is 0.340 e. The highest BCUT2D eigenvalue weighted by Crippen LogP contribution is 2.35. The normalized spacial score (nSPS) is 12.7. The van der Waals surface area contributed by atoms with Crippen molar-refractivity contribution >= 4 is 23.4 Å². The van der Waals surface area contributed by atoms with Crippen LogP contribution in [0, 0.1) is 5.82 Å². The molecule has 0 bridgehead atoms. The van der Waals surface area contributed by atoms with Gasteiger partial charge in [-0.05, 0) is 42.8 Å². The zero-order chi connectivity index (χ0) is 24.1. The highest BCUT2D eigenvalue weighted by atomic mass is 19.1. The van der Waals surface area contributed by atoms with Crippen LogP contribution in [0.4, 0.5) is 10.2 Å². The molecule has 2 heterocycles. The molecule has 0 radical (unpaired) electrons. The molecule has 3 aromatic rings. The number of aryl methyl sites for hydroxylation is 1. The predicted octanol–water partition coefficient (Wildman–Crippen LogP) is 3.30. The van der Waals surface area contributed by atoms with Crippen molar-refractivity contribution in [2.75, 3.05) is 11.9 Å². The van der Waals surface area contributed by atoms with Crippen molar-refractivity contribution in [3.8, 4) is 11.3 Å². The van der Waals surface area contributed by atoms with Gasteiger partial charge in [-0.15, -0.1) is 0 Å². The standard InChI is InChI=1S/C25H24FN5O3/c1-3-34-25(33)19-13-14-27-29-23(19)21-22(17-9-11-18(26)12-10-17)30-31(2)24(21)28-20(32)15-16-7-5-4-6-8-16/h4-14,27,29H,3,15H2,1-2H3,(H,28,32). The van der Waals surface area contributed by atoms with Crippen molar-refractivity contribution in [1.82, 2.24) is 20.6 Å². The number of carbonyl (C=O) groups excluding carboxylic acids is 2. The molecule has 34 heavy (non-hydrogen) atoms. The minimum absolute atomic E-state index is 0.159. The number of hydrogen-bond acceptors (Lipinski definition) is 6. The molecule has 0 saturated carbocycles. The van der Waals surface area contributed by atoms with Gasteiger partial charge in [0.25, 0.3) is 0 Å². The van der Waals surface area contributed by atoms with Crippen LogP contribution in [0.15, 0.2) is 72.4 Å². The zero-order valence-corrected chi connectivity index (χ0v) is 18.8. The molecule has 0 unspecified atom stereocenters. The summed E-state index contributed by atoms with van der Waals surface area (Å²) in [7, 11) is 1.69. The maximum absolute atomic E-state index is 13.6. The molecule has 1 amide bonds. The molecule has 0 spiro atoms. The Labute approximate surface area is 196 Å². The molecule has 4 rings (SSSR count). The van der Waals surface area contributed by atoms with Crippen LogP contribution >= 0.6 is 0 Å². The molecule has 0 aliphatic carbocycles. The Balaban J connectivity index is 1.83. The van der Waals surface area contributed by atoms with Gasteiger partial charge in [-0.1, -0.05) is 30.3 Å². The third kappa shape index (κ3) is 4.83. The van der Waals surface area contributed by atoms with E-state index < -0.39 is 5.97 Å². The van der Waals surface area contributed by atoms with E-state index in [0.717, 1.165) is 5.56 Å². The molecule has 9 heteroatoms. The Hall–Kier alpha value is -4.40. The van der Waals surface area contributed by atoms with E-state index in [9.17, 15) is 14.0 Å². The molecular formula is C25H24FN5O3. The quantitative estimate of drug-likeness (QED) is 0.467. The number of nitrogens with zero attached hydrogens (tertiary/aromatic N) is 2. The number of rotatable bonds is 7. The first-order valence-electron chi connectivity index (χ1n) is 10.7. The maximum atomic E-state index is 13.6. The summed E-state index contributed by atoms with van der Waals surface area (Å²) < 4.78 is 20.3. The summed E-state index contributed by atoms with van der Waals surface area (Å²) >= 11 is 0. The molecule has 1 aliphatic heterocycles. The van der Waals surface area contributed by atoms with Gasteiger partial charge in [0, 0.05) is 18.8 Å². The molecule has 0 atom stereocenters. The number of carbonyl (C=O) groups is 2. The topological polar surface area (TPSA) is 97.3 Å². The molecule has 174 valence electrons. The molecular weight excluding hydrogens is 437 g/mol. The van der Waals surface area contributed by atoms with E-state index in [1.54, 1.807) is 38.4 Å². The highest BCUT2D eigenvalue weighted by Gasteiger charge is 2.28. The largest absolute Gasteiger partial charge is 0.462 e. The van der Waals surface area contributed by atoms with E-state index in [4.69, 9.17) is 4.74 Å². The summed E-state index contributed by atoms with van der Waals surface area (Å²) in [6.07, 6.45) is 3.31. The molecule has 3 N–H and O–H groups in total. The van der Waals surface area contributed by atoms with Crippen LogP contribution in [0.2, 0.25) is 0 Å². The number of esters is 1. The summed E-state index contributed by atoms with van der Waals surface area (Å²) in [4.78, 5) is 25.6. The van der Waals surface area contributed by atoms with Gasteiger partial charge >= 0.3 is 5.97 Å². The Morgan fingerprint density at radius 1 is 1.12 bits per heavy atom. The number of halogens is 1. The van der Waals surface area contributed by atoms with Gasteiger partial charge in [0.05, 0.1) is 29.9 Å². The lowest BCUT2D eigenvalue weighted by atomic mass is 10.0. The minimum Gasteiger partial charge on any atom is -0.462 e. The van der Waals surface area contributed by atoms with Crippen LogP contribution < -0.4 is 16.2 Å². The highest BCUT2D eigenvalue weighted by molar-refractivity contribution is 6.05. The van der Waals surface area contributed by atoms with E-state index in [1.807, 2.05) is 30.3 Å². The van der Waals surface area contributed by atoms with Crippen LogP contribution in [0.1, 0.15) is 18.1 Å². The lowest BCUT2D eigenvalue weighted by molar-refractivity contribution is -0.138. The van der Waals surface area contributed by atoms with E-state index in [0.29, 0.717) is 28.3 Å². The fourth-order valence-electron chi connectivity index (χ4n) is 3.64. The van der Waals surface area contributed by atoms with Gasteiger partial charge in [0.2, 0.25) is 5.91 Å². The first kappa shape index (κ1) is 22.8. The van der Waals surface area contributed by atoms with Crippen LogP contribution in [0.3, 0.4) is 0 Å². The van der Waals surface area contributed by atoms with Gasteiger partial charge < -0.3 is 15.5 Å². The average molecular weight is 461 g/mol. The Bertz CT molecular complexity index is 1260. The summed E-state index contributed by atoms with van der Waals surface area (Å²) in [5, 5.41) is 7.51. The number of aromatic nitrogens is 2. The second-order valence-electron chi connectivity index (χ2n) is 7.53. The smallest absolute Gasteiger partial charge is 0.340 e. The van der Waals surface area contributed by atoms with Crippen LogP contribution in [-0.2, 0) is 27.8 Å². The lowest BCUT2D eigenvalue weighted by Gasteiger charge is -2.20. The third-order valence-corrected chi connectivity index (χ3v) is 5.18. The number of amides is 1. The molecule has 8 nitrogen and oxygen atoms in total. The second kappa shape index (κ2) is 10.0. The average Bonchev–Trinajstić information content (AvgIpc) is 3.15. The first-order chi connectivity index (χ1) is 16.5. The number of nitrogens with one attached hydrogen (secondary N) is 3. The molecule has 2 aromatic carbocycles. The minimum atomic E-state index is -0.529. The summed E-state index contributed by atoms with van der Waals surface area (Å²) in [6, 6.07) is 15.2. The number of anilines is 1. The van der Waals surface area contributed by atoms with Crippen molar-refractivity contribution in [3.05, 3.63) is 89.4 Å². The van der Waals surface area contributed by atoms with E-state index in [1.165, 1.54) is 16.8 Å². The van der Waals surface area contributed by atoms with Crippen LogP contribution in [0.25, 0.3) is 17.0 Å². The van der Waals surface area contributed by atoms with Gasteiger partial charge in [-0.3, -0.25) is 14.9 Å². The monoisotopic (exact) mass is 461 g/mol. The summed E-state index contributed by atoms with van der Waals surface area (Å²) in [5.74, 6) is -0.789. The van der Waals surface area contributed by atoms with E-state index in [2.05, 4.69) is 21.3 Å². The third-order valence-electron chi connectivity index (χ3n) is 5.18. The fourth-order valence-corrected chi connectivity index (χ4v) is 3.64. The van der Waals surface area contributed by atoms with Crippen molar-refractivity contribution in [1.29, 1.82) is 0 Å². The van der Waals surface area contributed by atoms with Crippen molar-refractivity contribution in [2.24, 2.45) is 7.05 Å². The summed E-state index contributed by atoms with van der Waals surface area (Å²) in [5.41, 5.74) is 8.89. The predicted molar refractivity (Wildman–Crippen MR) is 126 cm³/mol. The van der Waals surface area contributed by atoms with Gasteiger partial charge in [0.1, 0.15) is 17.3 Å². The molecule has 1 aromatic heterocycles. The Morgan fingerprint density at radius 3 is 2.56 bits per heavy atom. The van der Waals surface area contributed by atoms with Crippen LogP contribution in [0.5, 0.6) is 0 Å². The van der Waals surface area contributed by atoms with Gasteiger partial charge in [-0.2, -0.15) is 5.10 Å². The van der Waals surface area contributed by atoms with Crippen molar-refractivity contribution in [2.45, 2.75) is 13.3 Å². The zero-order valence-electron chi connectivity index (χ0n) is 18.8. The number of benzene rings is 2.